The summed E-state index contributed by atoms with van der Waals surface area (Å²) >= 11 is 8.91. The van der Waals surface area contributed by atoms with Crippen LogP contribution in [0.5, 0.6) is 0 Å². The Balaban J connectivity index is 2.33. The largest absolute Gasteiger partial charge is 0.478 e. The number of carboxylic acids is 1. The van der Waals surface area contributed by atoms with E-state index < -0.39 is 11.9 Å². The highest BCUT2D eigenvalue weighted by Crippen LogP contribution is 2.27. The fourth-order valence-corrected chi connectivity index (χ4v) is 2.14. The summed E-state index contributed by atoms with van der Waals surface area (Å²) in [4.78, 5) is 25.7. The van der Waals surface area contributed by atoms with Crippen LogP contribution in [0.1, 0.15) is 20.8 Å². The molecule has 0 fully saturated rings. The number of carboxylic acid groups (broad SMARTS) is 1. The monoisotopic (exact) mass is 342 g/mol. The first-order valence-corrected chi connectivity index (χ1v) is 6.33. The molecular formula is C12H8BrClN2O3. The van der Waals surface area contributed by atoms with Gasteiger partial charge in [-0.05, 0) is 34.1 Å². The lowest BCUT2D eigenvalue weighted by molar-refractivity contribution is 0.0698. The lowest BCUT2D eigenvalue weighted by atomic mass is 10.2. The Bertz CT molecular complexity index is 654. The molecule has 0 atom stereocenters. The van der Waals surface area contributed by atoms with Crippen molar-refractivity contribution < 1.29 is 14.7 Å². The number of para-hydroxylation sites is 1. The number of carbonyl (C=O) groups excluding carboxylic acids is 1. The number of aromatic nitrogens is 1. The summed E-state index contributed by atoms with van der Waals surface area (Å²) in [5, 5.41) is 12.0. The van der Waals surface area contributed by atoms with Crippen molar-refractivity contribution in [2.75, 3.05) is 5.32 Å². The zero-order valence-electron chi connectivity index (χ0n) is 9.41. The minimum Gasteiger partial charge on any atom is -0.478 e. The molecule has 0 aliphatic carbocycles. The van der Waals surface area contributed by atoms with Crippen LogP contribution in [-0.2, 0) is 0 Å². The van der Waals surface area contributed by atoms with E-state index in [0.717, 1.165) is 0 Å². The molecular weight excluding hydrogens is 336 g/mol. The van der Waals surface area contributed by atoms with Gasteiger partial charge in [0.15, 0.2) is 0 Å². The number of hydrogen-bond donors (Lipinski definition) is 3. The number of H-pyrrole nitrogens is 1. The van der Waals surface area contributed by atoms with Crippen LogP contribution in [0.2, 0.25) is 5.02 Å². The summed E-state index contributed by atoms with van der Waals surface area (Å²) in [7, 11) is 0. The van der Waals surface area contributed by atoms with Gasteiger partial charge in [0.05, 0.1) is 16.3 Å². The second-order valence-electron chi connectivity index (χ2n) is 3.65. The Morgan fingerprint density at radius 1 is 1.37 bits per heavy atom. The van der Waals surface area contributed by atoms with E-state index in [1.165, 1.54) is 18.3 Å². The molecule has 2 rings (SSSR count). The number of carbonyl (C=O) groups is 2. The van der Waals surface area contributed by atoms with Crippen molar-refractivity contribution >= 4 is 45.1 Å². The molecule has 19 heavy (non-hydrogen) atoms. The van der Waals surface area contributed by atoms with E-state index in [1.54, 1.807) is 12.1 Å². The molecule has 0 saturated heterocycles. The number of aromatic carboxylic acids is 1. The standard InChI is InChI=1S/C12H8BrClN2O3/c13-8-3-1-2-7(12(18)19)10(8)16-11(17)9-4-6(14)5-15-9/h1-5,15H,(H,16,17)(H,18,19). The van der Waals surface area contributed by atoms with E-state index in [0.29, 0.717) is 9.50 Å². The van der Waals surface area contributed by atoms with Crippen molar-refractivity contribution in [2.24, 2.45) is 0 Å². The minimum atomic E-state index is -1.12. The molecule has 5 nitrogen and oxygen atoms in total. The third kappa shape index (κ3) is 2.97. The predicted molar refractivity (Wildman–Crippen MR) is 74.9 cm³/mol. The van der Waals surface area contributed by atoms with E-state index in [1.807, 2.05) is 0 Å². The number of nitrogens with one attached hydrogen (secondary N) is 2. The molecule has 98 valence electrons. The second kappa shape index (κ2) is 5.46. The van der Waals surface area contributed by atoms with Gasteiger partial charge in [0, 0.05) is 10.7 Å². The number of halogens is 2. The topological polar surface area (TPSA) is 82.2 Å². The molecule has 0 unspecified atom stereocenters. The first-order chi connectivity index (χ1) is 8.99. The zero-order valence-corrected chi connectivity index (χ0v) is 11.7. The van der Waals surface area contributed by atoms with E-state index in [9.17, 15) is 9.59 Å². The van der Waals surface area contributed by atoms with E-state index >= 15 is 0 Å². The van der Waals surface area contributed by atoms with Crippen molar-refractivity contribution in [3.05, 3.63) is 51.2 Å². The van der Waals surface area contributed by atoms with E-state index in [4.69, 9.17) is 16.7 Å². The number of rotatable bonds is 3. The molecule has 1 heterocycles. The van der Waals surface area contributed by atoms with Crippen LogP contribution in [0.4, 0.5) is 5.69 Å². The van der Waals surface area contributed by atoms with Crippen LogP contribution < -0.4 is 5.32 Å². The molecule has 0 saturated carbocycles. The highest BCUT2D eigenvalue weighted by molar-refractivity contribution is 9.10. The van der Waals surface area contributed by atoms with Crippen molar-refractivity contribution in [1.29, 1.82) is 0 Å². The van der Waals surface area contributed by atoms with Crippen LogP contribution in [0.3, 0.4) is 0 Å². The molecule has 1 amide bonds. The Morgan fingerprint density at radius 2 is 2.11 bits per heavy atom. The SMILES string of the molecule is O=C(Nc1c(Br)cccc1C(=O)O)c1cc(Cl)c[nH]1. The fourth-order valence-electron chi connectivity index (χ4n) is 1.51. The fraction of sp³-hybridized carbons (Fsp3) is 0. The van der Waals surface area contributed by atoms with E-state index in [2.05, 4.69) is 26.2 Å². The first kappa shape index (κ1) is 13.6. The molecule has 1 aromatic heterocycles. The van der Waals surface area contributed by atoms with E-state index in [-0.39, 0.29) is 16.9 Å². The maximum absolute atomic E-state index is 11.9. The van der Waals surface area contributed by atoms with Gasteiger partial charge in [-0.1, -0.05) is 17.7 Å². The Kier molecular flexibility index (Phi) is 3.92. The molecule has 2 aromatic rings. The summed E-state index contributed by atoms with van der Waals surface area (Å²) in [6, 6.07) is 6.08. The lowest BCUT2D eigenvalue weighted by Crippen LogP contribution is -2.15. The van der Waals surface area contributed by atoms with Crippen LogP contribution in [-0.4, -0.2) is 22.0 Å². The van der Waals surface area contributed by atoms with Gasteiger partial charge in [-0.25, -0.2) is 4.79 Å². The van der Waals surface area contributed by atoms with Gasteiger partial charge in [-0.2, -0.15) is 0 Å². The number of aromatic amines is 1. The average molecular weight is 344 g/mol. The third-order valence-corrected chi connectivity index (χ3v) is 3.25. The van der Waals surface area contributed by atoms with Crippen LogP contribution in [0.25, 0.3) is 0 Å². The van der Waals surface area contributed by atoms with Gasteiger partial charge < -0.3 is 15.4 Å². The number of anilines is 1. The van der Waals surface area contributed by atoms with Gasteiger partial charge in [0.1, 0.15) is 5.69 Å². The van der Waals surface area contributed by atoms with Gasteiger partial charge in [0.2, 0.25) is 0 Å². The summed E-state index contributed by atoms with van der Waals surface area (Å²) in [5.74, 6) is -1.59. The van der Waals surface area contributed by atoms with Crippen molar-refractivity contribution in [2.45, 2.75) is 0 Å². The van der Waals surface area contributed by atoms with Crippen molar-refractivity contribution in [3.8, 4) is 0 Å². The second-order valence-corrected chi connectivity index (χ2v) is 4.94. The Labute approximate surface area is 121 Å². The molecule has 0 spiro atoms. The molecule has 0 radical (unpaired) electrons. The number of hydrogen-bond acceptors (Lipinski definition) is 2. The van der Waals surface area contributed by atoms with Crippen LogP contribution in [0.15, 0.2) is 34.9 Å². The minimum absolute atomic E-state index is 0.000350. The van der Waals surface area contributed by atoms with Crippen LogP contribution in [0, 0.1) is 0 Å². The molecule has 3 N–H and O–H groups in total. The Hall–Kier alpha value is -1.79. The predicted octanol–water partition coefficient (Wildman–Crippen LogP) is 3.38. The maximum Gasteiger partial charge on any atom is 0.337 e. The average Bonchev–Trinajstić information content (AvgIpc) is 2.78. The van der Waals surface area contributed by atoms with Crippen LogP contribution >= 0.6 is 27.5 Å². The smallest absolute Gasteiger partial charge is 0.337 e. The molecule has 7 heteroatoms. The summed E-state index contributed by atoms with van der Waals surface area (Å²) in [6.07, 6.45) is 1.47. The number of amides is 1. The summed E-state index contributed by atoms with van der Waals surface area (Å²) in [6.45, 7) is 0. The van der Waals surface area contributed by atoms with Gasteiger partial charge in [-0.3, -0.25) is 4.79 Å². The third-order valence-electron chi connectivity index (χ3n) is 2.37. The first-order valence-electron chi connectivity index (χ1n) is 5.16. The zero-order chi connectivity index (χ0) is 14.0. The molecule has 1 aromatic carbocycles. The quantitative estimate of drug-likeness (QED) is 0.799. The molecule has 0 aliphatic rings. The maximum atomic E-state index is 11.9. The molecule has 0 bridgehead atoms. The highest BCUT2D eigenvalue weighted by Gasteiger charge is 2.16. The van der Waals surface area contributed by atoms with Gasteiger partial charge in [0.25, 0.3) is 5.91 Å². The van der Waals surface area contributed by atoms with Crippen molar-refractivity contribution in [1.82, 2.24) is 4.98 Å². The lowest BCUT2D eigenvalue weighted by Gasteiger charge is -2.09. The Morgan fingerprint density at radius 3 is 2.68 bits per heavy atom. The van der Waals surface area contributed by atoms with Gasteiger partial charge >= 0.3 is 5.97 Å². The normalized spacial score (nSPS) is 10.2. The molecule has 0 aliphatic heterocycles. The number of benzene rings is 1. The van der Waals surface area contributed by atoms with Gasteiger partial charge in [-0.15, -0.1) is 0 Å². The highest BCUT2D eigenvalue weighted by atomic mass is 79.9. The van der Waals surface area contributed by atoms with Crippen molar-refractivity contribution in [3.63, 3.8) is 0 Å². The summed E-state index contributed by atoms with van der Waals surface area (Å²) in [5.41, 5.74) is 0.447. The summed E-state index contributed by atoms with van der Waals surface area (Å²) < 4.78 is 0.485.